The van der Waals surface area contributed by atoms with Crippen molar-refractivity contribution >= 4 is 20.8 Å². The molecule has 0 radical (unpaired) electrons. The van der Waals surface area contributed by atoms with Crippen LogP contribution >= 0.6 is 0 Å². The molecule has 0 saturated heterocycles. The van der Waals surface area contributed by atoms with Gasteiger partial charge in [0.15, 0.2) is 0 Å². The van der Waals surface area contributed by atoms with Crippen LogP contribution in [0.25, 0.3) is 0 Å². The highest BCUT2D eigenvalue weighted by Crippen LogP contribution is 2.12. The van der Waals surface area contributed by atoms with Crippen molar-refractivity contribution in [2.75, 3.05) is 12.0 Å². The summed E-state index contributed by atoms with van der Waals surface area (Å²) >= 11 is 0. The predicted molar refractivity (Wildman–Crippen MR) is 46.8 cm³/mol. The first kappa shape index (κ1) is 9.72. The average molecular weight is 203 g/mol. The molecule has 0 atom stereocenters. The molecule has 1 heterocycles. The molecule has 0 saturated carbocycles. The fraction of sp³-hybridized carbons (Fsp3) is 0.333. The van der Waals surface area contributed by atoms with E-state index in [2.05, 4.69) is 5.10 Å². The first-order valence-electron chi connectivity index (χ1n) is 3.36. The number of carbonyl (C=O) groups is 1. The number of sulfone groups is 1. The van der Waals surface area contributed by atoms with Gasteiger partial charge in [0.25, 0.3) is 5.12 Å². The topological polar surface area (TPSA) is 95.0 Å². The molecule has 0 spiro atoms. The fourth-order valence-electron chi connectivity index (χ4n) is 0.804. The first-order valence-corrected chi connectivity index (χ1v) is 5.25. The van der Waals surface area contributed by atoms with Gasteiger partial charge < -0.3 is 5.73 Å². The number of nitrogens with zero attached hydrogens (tertiary/aromatic N) is 2. The Morgan fingerprint density at radius 3 is 2.46 bits per heavy atom. The summed E-state index contributed by atoms with van der Waals surface area (Å²) < 4.78 is 22.9. The zero-order valence-electron chi connectivity index (χ0n) is 7.18. The number of hydrogen-bond acceptors (Lipinski definition) is 5. The van der Waals surface area contributed by atoms with Crippen LogP contribution in [0.1, 0.15) is 10.4 Å². The minimum atomic E-state index is -3.74. The van der Waals surface area contributed by atoms with Crippen LogP contribution in [-0.4, -0.2) is 29.6 Å². The quantitative estimate of drug-likeness (QED) is 0.643. The Balaban J connectivity index is 3.26. The van der Waals surface area contributed by atoms with Crippen molar-refractivity contribution in [3.63, 3.8) is 0 Å². The number of rotatable bonds is 1. The van der Waals surface area contributed by atoms with Crippen LogP contribution < -0.4 is 5.73 Å². The number of carbonyl (C=O) groups excluding carboxylic acids is 1. The van der Waals surface area contributed by atoms with E-state index < -0.39 is 15.0 Å². The van der Waals surface area contributed by atoms with Crippen LogP contribution in [0.5, 0.6) is 0 Å². The van der Waals surface area contributed by atoms with E-state index in [0.717, 1.165) is 12.5 Å². The van der Waals surface area contributed by atoms with Crippen molar-refractivity contribution in [1.29, 1.82) is 0 Å². The Kier molecular flexibility index (Phi) is 2.12. The summed E-state index contributed by atoms with van der Waals surface area (Å²) in [5, 5.41) is 2.66. The summed E-state index contributed by atoms with van der Waals surface area (Å²) in [7, 11) is -2.22. The van der Waals surface area contributed by atoms with Crippen LogP contribution in [0, 0.1) is 0 Å². The van der Waals surface area contributed by atoms with Gasteiger partial charge in [0, 0.05) is 13.3 Å². The maximum absolute atomic E-state index is 11.2. The van der Waals surface area contributed by atoms with E-state index >= 15 is 0 Å². The van der Waals surface area contributed by atoms with Gasteiger partial charge in [-0.15, -0.1) is 0 Å². The molecule has 2 N–H and O–H groups in total. The summed E-state index contributed by atoms with van der Waals surface area (Å²) in [4.78, 5) is 11.2. The summed E-state index contributed by atoms with van der Waals surface area (Å²) in [5.41, 5.74) is 5.34. The van der Waals surface area contributed by atoms with E-state index in [1.54, 1.807) is 0 Å². The van der Waals surface area contributed by atoms with E-state index in [1.807, 2.05) is 0 Å². The molecule has 0 bridgehead atoms. The SMILES string of the molecule is Cn1ncc(C(=O)S(C)(=O)=O)c1N. The molecule has 1 aromatic rings. The maximum atomic E-state index is 11.2. The van der Waals surface area contributed by atoms with Crippen LogP contribution in [0.3, 0.4) is 0 Å². The van der Waals surface area contributed by atoms with E-state index in [-0.39, 0.29) is 11.4 Å². The van der Waals surface area contributed by atoms with Gasteiger partial charge in [-0.3, -0.25) is 9.48 Å². The molecule has 6 nitrogen and oxygen atoms in total. The van der Waals surface area contributed by atoms with E-state index in [9.17, 15) is 13.2 Å². The molecule has 7 heteroatoms. The number of aryl methyl sites for hydroxylation is 1. The summed E-state index contributed by atoms with van der Waals surface area (Å²) in [5.74, 6) is 0.0513. The third kappa shape index (κ3) is 1.69. The Morgan fingerprint density at radius 1 is 1.62 bits per heavy atom. The van der Waals surface area contributed by atoms with Gasteiger partial charge in [-0.1, -0.05) is 0 Å². The molecular weight excluding hydrogens is 194 g/mol. The van der Waals surface area contributed by atoms with Crippen LogP contribution in [0.4, 0.5) is 5.82 Å². The third-order valence-corrected chi connectivity index (χ3v) is 2.43. The largest absolute Gasteiger partial charge is 0.383 e. The zero-order chi connectivity index (χ0) is 10.2. The normalized spacial score (nSPS) is 11.5. The molecule has 0 amide bonds. The highest BCUT2D eigenvalue weighted by atomic mass is 32.2. The minimum Gasteiger partial charge on any atom is -0.383 e. The van der Waals surface area contributed by atoms with Gasteiger partial charge >= 0.3 is 0 Å². The molecule has 0 aliphatic rings. The smallest absolute Gasteiger partial charge is 0.281 e. The van der Waals surface area contributed by atoms with Crippen molar-refractivity contribution in [2.45, 2.75) is 0 Å². The molecule has 0 aliphatic heterocycles. The molecule has 72 valence electrons. The van der Waals surface area contributed by atoms with E-state index in [4.69, 9.17) is 5.73 Å². The lowest BCUT2D eigenvalue weighted by Crippen LogP contribution is -2.14. The molecule has 0 fully saturated rings. The average Bonchev–Trinajstić information content (AvgIpc) is 2.30. The lowest BCUT2D eigenvalue weighted by Gasteiger charge is -1.96. The Labute approximate surface area is 75.3 Å². The van der Waals surface area contributed by atoms with Gasteiger partial charge in [-0.2, -0.15) is 5.10 Å². The number of anilines is 1. The van der Waals surface area contributed by atoms with Gasteiger partial charge in [-0.05, 0) is 0 Å². The predicted octanol–water partition coefficient (Wildman–Crippen LogP) is -0.813. The third-order valence-electron chi connectivity index (χ3n) is 1.54. The van der Waals surface area contributed by atoms with Gasteiger partial charge in [0.1, 0.15) is 5.82 Å². The number of aromatic nitrogens is 2. The lowest BCUT2D eigenvalue weighted by molar-refractivity contribution is 0.107. The van der Waals surface area contributed by atoms with Crippen molar-refractivity contribution in [2.24, 2.45) is 7.05 Å². The minimum absolute atomic E-state index is 0.0513. The molecule has 1 aromatic heterocycles. The summed E-state index contributed by atoms with van der Waals surface area (Å²) in [6, 6.07) is 0. The highest BCUT2D eigenvalue weighted by molar-refractivity contribution is 8.06. The molecule has 0 aromatic carbocycles. The van der Waals surface area contributed by atoms with Gasteiger partial charge in [0.05, 0.1) is 11.8 Å². The second-order valence-electron chi connectivity index (χ2n) is 2.63. The van der Waals surface area contributed by atoms with Crippen molar-refractivity contribution in [3.8, 4) is 0 Å². The number of nitrogen functional groups attached to an aromatic ring is 1. The maximum Gasteiger partial charge on any atom is 0.281 e. The van der Waals surface area contributed by atoms with E-state index in [1.165, 1.54) is 11.7 Å². The first-order chi connectivity index (χ1) is 5.84. The highest BCUT2D eigenvalue weighted by Gasteiger charge is 2.22. The fourth-order valence-corrected chi connectivity index (χ4v) is 1.36. The summed E-state index contributed by atoms with van der Waals surface area (Å²) in [6.07, 6.45) is 1.97. The van der Waals surface area contributed by atoms with Crippen LogP contribution in [0.2, 0.25) is 0 Å². The molecule has 1 rings (SSSR count). The molecular formula is C6H9N3O3S. The molecule has 13 heavy (non-hydrogen) atoms. The second-order valence-corrected chi connectivity index (χ2v) is 4.54. The standard InChI is InChI=1S/C6H9N3O3S/c1-9-5(7)4(3-8-9)6(10)13(2,11)12/h3H,7H2,1-2H3. The van der Waals surface area contributed by atoms with Gasteiger partial charge in [-0.25, -0.2) is 8.42 Å². The Morgan fingerprint density at radius 2 is 2.15 bits per heavy atom. The van der Waals surface area contributed by atoms with Crippen molar-refractivity contribution < 1.29 is 13.2 Å². The number of hydrogen-bond donors (Lipinski definition) is 1. The monoisotopic (exact) mass is 203 g/mol. The summed E-state index contributed by atoms with van der Waals surface area (Å²) in [6.45, 7) is 0. The van der Waals surface area contributed by atoms with Crippen molar-refractivity contribution in [3.05, 3.63) is 11.8 Å². The van der Waals surface area contributed by atoms with Crippen LogP contribution in [0.15, 0.2) is 6.20 Å². The molecule has 0 unspecified atom stereocenters. The second kappa shape index (κ2) is 2.84. The van der Waals surface area contributed by atoms with Crippen LogP contribution in [-0.2, 0) is 16.9 Å². The molecule has 0 aliphatic carbocycles. The Hall–Kier alpha value is -1.37. The van der Waals surface area contributed by atoms with E-state index in [0.29, 0.717) is 0 Å². The zero-order valence-corrected chi connectivity index (χ0v) is 8.00. The number of nitrogens with two attached hydrogens (primary N) is 1. The van der Waals surface area contributed by atoms with Crippen molar-refractivity contribution in [1.82, 2.24) is 9.78 Å². The Bertz CT molecular complexity index is 446. The lowest BCUT2D eigenvalue weighted by atomic mass is 10.4. The van der Waals surface area contributed by atoms with Gasteiger partial charge in [0.2, 0.25) is 9.84 Å².